The second-order valence-electron chi connectivity index (χ2n) is 9.56. The van der Waals surface area contributed by atoms with E-state index in [4.69, 9.17) is 11.2 Å². The molecule has 4 aromatic rings. The number of hydrogen-bond donors (Lipinski definition) is 2. The highest BCUT2D eigenvalue weighted by molar-refractivity contribution is 6.03. The van der Waals surface area contributed by atoms with Gasteiger partial charge in [-0.2, -0.15) is 9.97 Å². The van der Waals surface area contributed by atoms with Gasteiger partial charge >= 0.3 is 6.01 Å². The predicted molar refractivity (Wildman–Crippen MR) is 138 cm³/mol. The van der Waals surface area contributed by atoms with Crippen LogP contribution < -0.4 is 15.0 Å². The lowest BCUT2D eigenvalue weighted by atomic mass is 9.96. The molecule has 4 heterocycles. The van der Waals surface area contributed by atoms with Crippen molar-refractivity contribution in [2.24, 2.45) is 0 Å². The van der Waals surface area contributed by atoms with E-state index in [-0.39, 0.29) is 34.1 Å². The second-order valence-corrected chi connectivity index (χ2v) is 9.56. The molecule has 0 radical (unpaired) electrons. The molecule has 2 aliphatic heterocycles. The summed E-state index contributed by atoms with van der Waals surface area (Å²) < 4.78 is 36.6. The van der Waals surface area contributed by atoms with Gasteiger partial charge in [0.1, 0.15) is 28.6 Å². The van der Waals surface area contributed by atoms with Crippen LogP contribution in [0, 0.1) is 24.0 Å². The molecule has 7 nitrogen and oxygen atoms in total. The average Bonchev–Trinajstić information content (AvgIpc) is 3.24. The van der Waals surface area contributed by atoms with Crippen LogP contribution in [0.4, 0.5) is 14.6 Å². The SMILES string of the molecule is C#Cc1c(F)ccc2cc(O)cc(-c3ncc4c(N5CC6CCC(C5)N6)nc(OCCC)nc4c3F)c12. The molecule has 0 saturated carbocycles. The van der Waals surface area contributed by atoms with Crippen molar-refractivity contribution in [3.63, 3.8) is 0 Å². The summed E-state index contributed by atoms with van der Waals surface area (Å²) in [5, 5.41) is 15.2. The van der Waals surface area contributed by atoms with Crippen LogP contribution in [0.1, 0.15) is 31.7 Å². The number of piperazine rings is 1. The monoisotopic (exact) mass is 501 g/mol. The highest BCUT2D eigenvalue weighted by Gasteiger charge is 2.34. The van der Waals surface area contributed by atoms with E-state index >= 15 is 4.39 Å². The lowest BCUT2D eigenvalue weighted by molar-refractivity contribution is 0.293. The molecule has 2 aromatic carbocycles. The average molecular weight is 502 g/mol. The van der Waals surface area contributed by atoms with Crippen molar-refractivity contribution in [2.45, 2.75) is 38.3 Å². The zero-order chi connectivity index (χ0) is 25.7. The zero-order valence-electron chi connectivity index (χ0n) is 20.3. The first-order chi connectivity index (χ1) is 18.0. The number of pyridine rings is 1. The van der Waals surface area contributed by atoms with E-state index in [9.17, 15) is 9.50 Å². The number of phenolic OH excluding ortho intramolecular Hbond substituents is 1. The van der Waals surface area contributed by atoms with Crippen molar-refractivity contribution >= 4 is 27.5 Å². The van der Waals surface area contributed by atoms with E-state index in [1.54, 1.807) is 0 Å². The minimum absolute atomic E-state index is 0.0274. The molecule has 2 aromatic heterocycles. The lowest BCUT2D eigenvalue weighted by Crippen LogP contribution is -2.51. The predicted octanol–water partition coefficient (Wildman–Crippen LogP) is 4.54. The van der Waals surface area contributed by atoms with Crippen LogP contribution >= 0.6 is 0 Å². The number of anilines is 1. The van der Waals surface area contributed by atoms with Crippen molar-refractivity contribution in [1.82, 2.24) is 20.3 Å². The number of nitrogens with one attached hydrogen (secondary N) is 1. The minimum Gasteiger partial charge on any atom is -0.508 e. The van der Waals surface area contributed by atoms with Crippen LogP contribution in [-0.2, 0) is 0 Å². The van der Waals surface area contributed by atoms with Gasteiger partial charge in [-0.1, -0.05) is 18.9 Å². The van der Waals surface area contributed by atoms with Gasteiger partial charge in [0.2, 0.25) is 0 Å². The quantitative estimate of drug-likeness (QED) is 0.389. The minimum atomic E-state index is -0.722. The lowest BCUT2D eigenvalue weighted by Gasteiger charge is -2.34. The number of aromatic nitrogens is 3. The largest absolute Gasteiger partial charge is 0.508 e. The number of rotatable bonds is 5. The molecule has 188 valence electrons. The Morgan fingerprint density at radius 2 is 1.97 bits per heavy atom. The van der Waals surface area contributed by atoms with Crippen LogP contribution in [0.25, 0.3) is 32.9 Å². The van der Waals surface area contributed by atoms with Gasteiger partial charge in [-0.15, -0.1) is 6.42 Å². The Labute approximate surface area is 212 Å². The first kappa shape index (κ1) is 23.4. The van der Waals surface area contributed by atoms with Crippen molar-refractivity contribution in [2.75, 3.05) is 24.6 Å². The fraction of sp³-hybridized carbons (Fsp3) is 0.321. The van der Waals surface area contributed by atoms with Gasteiger partial charge in [-0.05, 0) is 42.8 Å². The molecule has 2 atom stereocenters. The molecule has 37 heavy (non-hydrogen) atoms. The Morgan fingerprint density at radius 3 is 2.70 bits per heavy atom. The standard InChI is InChI=1S/C28H25F2N5O2/c1-3-9-37-28-33-26-21(27(34-28)35-13-16-6-7-17(14-35)32-16)12-31-25(24(26)30)20-11-18(36)10-15-5-8-22(29)19(4-2)23(15)20/h2,5,8,10-12,16-17,32,36H,3,6-7,9,13-14H2,1H3. The summed E-state index contributed by atoms with van der Waals surface area (Å²) >= 11 is 0. The van der Waals surface area contributed by atoms with Crippen LogP contribution in [-0.4, -0.2) is 51.8 Å². The summed E-state index contributed by atoms with van der Waals surface area (Å²) in [5.74, 6) is 1.47. The smallest absolute Gasteiger partial charge is 0.319 e. The molecule has 2 unspecified atom stereocenters. The van der Waals surface area contributed by atoms with E-state index < -0.39 is 11.6 Å². The highest BCUT2D eigenvalue weighted by Crippen LogP contribution is 2.39. The third kappa shape index (κ3) is 3.98. The fourth-order valence-corrected chi connectivity index (χ4v) is 5.43. The molecule has 9 heteroatoms. The van der Waals surface area contributed by atoms with Gasteiger partial charge in [-0.25, -0.2) is 8.78 Å². The van der Waals surface area contributed by atoms with Crippen LogP contribution in [0.5, 0.6) is 11.8 Å². The Hall–Kier alpha value is -4.03. The van der Waals surface area contributed by atoms with Crippen molar-refractivity contribution in [1.29, 1.82) is 0 Å². The molecule has 0 aliphatic carbocycles. The Bertz CT molecular complexity index is 1570. The molecule has 0 amide bonds. The van der Waals surface area contributed by atoms with E-state index in [1.165, 1.54) is 30.5 Å². The third-order valence-corrected chi connectivity index (χ3v) is 7.05. The van der Waals surface area contributed by atoms with Gasteiger partial charge in [0.15, 0.2) is 5.82 Å². The Kier molecular flexibility index (Phi) is 5.76. The third-order valence-electron chi connectivity index (χ3n) is 7.05. The molecule has 2 N–H and O–H groups in total. The highest BCUT2D eigenvalue weighted by atomic mass is 19.1. The number of aromatic hydroxyl groups is 1. The maximum Gasteiger partial charge on any atom is 0.319 e. The summed E-state index contributed by atoms with van der Waals surface area (Å²) in [6.07, 6.45) is 10.0. The van der Waals surface area contributed by atoms with E-state index in [1.807, 2.05) is 6.92 Å². The van der Waals surface area contributed by atoms with E-state index in [0.717, 1.165) is 32.4 Å². The Balaban J connectivity index is 1.58. The number of ether oxygens (including phenoxy) is 1. The molecular formula is C28H25F2N5O2. The molecule has 6 rings (SSSR count). The number of benzene rings is 2. The van der Waals surface area contributed by atoms with Crippen LogP contribution in [0.15, 0.2) is 30.5 Å². The topological polar surface area (TPSA) is 83.4 Å². The van der Waals surface area contributed by atoms with Crippen molar-refractivity contribution < 1.29 is 18.6 Å². The fourth-order valence-electron chi connectivity index (χ4n) is 5.43. The molecule has 2 bridgehead atoms. The maximum atomic E-state index is 16.3. The molecule has 0 spiro atoms. The van der Waals surface area contributed by atoms with Gasteiger partial charge in [0, 0.05) is 42.3 Å². The summed E-state index contributed by atoms with van der Waals surface area (Å²) in [6, 6.07) is 6.28. The van der Waals surface area contributed by atoms with E-state index in [0.29, 0.717) is 40.7 Å². The summed E-state index contributed by atoms with van der Waals surface area (Å²) in [4.78, 5) is 15.6. The maximum absolute atomic E-state index is 16.3. The molecule has 2 saturated heterocycles. The first-order valence-corrected chi connectivity index (χ1v) is 12.4. The summed E-state index contributed by atoms with van der Waals surface area (Å²) in [7, 11) is 0. The van der Waals surface area contributed by atoms with Crippen molar-refractivity contribution in [3.05, 3.63) is 47.7 Å². The van der Waals surface area contributed by atoms with Crippen LogP contribution in [0.3, 0.4) is 0 Å². The number of hydrogen-bond acceptors (Lipinski definition) is 7. The van der Waals surface area contributed by atoms with Crippen LogP contribution in [0.2, 0.25) is 0 Å². The van der Waals surface area contributed by atoms with Gasteiger partial charge < -0.3 is 20.1 Å². The Morgan fingerprint density at radius 1 is 1.19 bits per heavy atom. The number of terminal acetylenes is 1. The molecular weight excluding hydrogens is 476 g/mol. The number of phenols is 1. The summed E-state index contributed by atoms with van der Waals surface area (Å²) in [6.45, 7) is 3.83. The molecule has 2 aliphatic rings. The normalized spacial score (nSPS) is 18.9. The first-order valence-electron chi connectivity index (χ1n) is 12.4. The van der Waals surface area contributed by atoms with Crippen molar-refractivity contribution in [3.8, 4) is 35.4 Å². The number of fused-ring (bicyclic) bond motifs is 4. The van der Waals surface area contributed by atoms with E-state index in [2.05, 4.69) is 31.1 Å². The number of halogens is 2. The zero-order valence-corrected chi connectivity index (χ0v) is 20.3. The van der Waals surface area contributed by atoms with Gasteiger partial charge in [-0.3, -0.25) is 4.98 Å². The van der Waals surface area contributed by atoms with Gasteiger partial charge in [0.05, 0.1) is 17.6 Å². The van der Waals surface area contributed by atoms with Gasteiger partial charge in [0.25, 0.3) is 0 Å². The second kappa shape index (κ2) is 9.12. The summed E-state index contributed by atoms with van der Waals surface area (Å²) in [5.41, 5.74) is 0.0998. The molecule has 2 fully saturated rings. The number of nitrogens with zero attached hydrogens (tertiary/aromatic N) is 4.